The summed E-state index contributed by atoms with van der Waals surface area (Å²) in [6.07, 6.45) is 3.97. The number of thioether (sulfide) groups is 1. The monoisotopic (exact) mass is 267 g/mol. The summed E-state index contributed by atoms with van der Waals surface area (Å²) in [4.78, 5) is 30.1. The first kappa shape index (κ1) is 13.1. The maximum Gasteiger partial charge on any atom is 0.254 e. The molecule has 5 nitrogen and oxygen atoms in total. The summed E-state index contributed by atoms with van der Waals surface area (Å²) in [7, 11) is 0. The Balaban J connectivity index is 2.22. The molecular formula is C12H17N3O2S. The van der Waals surface area contributed by atoms with Crippen molar-refractivity contribution in [1.29, 1.82) is 0 Å². The van der Waals surface area contributed by atoms with E-state index in [1.807, 2.05) is 11.2 Å². The number of aryl methyl sites for hydroxylation is 1. The second-order valence-electron chi connectivity index (χ2n) is 4.40. The van der Waals surface area contributed by atoms with Crippen molar-refractivity contribution in [2.24, 2.45) is 0 Å². The van der Waals surface area contributed by atoms with Gasteiger partial charge in [0.1, 0.15) is 6.54 Å². The van der Waals surface area contributed by atoms with Gasteiger partial charge < -0.3 is 4.90 Å². The van der Waals surface area contributed by atoms with Crippen LogP contribution < -0.4 is 5.56 Å². The molecule has 1 saturated heterocycles. The Morgan fingerprint density at radius 2 is 2.11 bits per heavy atom. The SMILES string of the molecule is CSc1nc(C)cc(=O)n1CC(=O)N1CCCC1. The Labute approximate surface area is 110 Å². The van der Waals surface area contributed by atoms with Gasteiger partial charge in [-0.25, -0.2) is 4.98 Å². The van der Waals surface area contributed by atoms with Crippen molar-refractivity contribution in [2.75, 3.05) is 19.3 Å². The number of carbonyl (C=O) groups is 1. The van der Waals surface area contributed by atoms with Gasteiger partial charge in [0.15, 0.2) is 5.16 Å². The number of aromatic nitrogens is 2. The van der Waals surface area contributed by atoms with Crippen LogP contribution in [0.3, 0.4) is 0 Å². The van der Waals surface area contributed by atoms with E-state index in [0.29, 0.717) is 10.9 Å². The summed E-state index contributed by atoms with van der Waals surface area (Å²) >= 11 is 1.39. The molecule has 0 N–H and O–H groups in total. The van der Waals surface area contributed by atoms with E-state index in [-0.39, 0.29) is 18.0 Å². The average Bonchev–Trinajstić information content (AvgIpc) is 2.85. The molecule has 1 aliphatic rings. The van der Waals surface area contributed by atoms with Gasteiger partial charge in [0.2, 0.25) is 5.91 Å². The third-order valence-corrected chi connectivity index (χ3v) is 3.71. The Bertz CT molecular complexity index is 507. The highest BCUT2D eigenvalue weighted by Crippen LogP contribution is 2.12. The molecule has 0 aromatic carbocycles. The van der Waals surface area contributed by atoms with E-state index in [1.165, 1.54) is 22.4 Å². The minimum absolute atomic E-state index is 0.00977. The molecule has 0 atom stereocenters. The molecule has 2 heterocycles. The molecule has 6 heteroatoms. The molecule has 0 aliphatic carbocycles. The van der Waals surface area contributed by atoms with Gasteiger partial charge in [0.25, 0.3) is 5.56 Å². The molecule has 18 heavy (non-hydrogen) atoms. The molecule has 0 saturated carbocycles. The lowest BCUT2D eigenvalue weighted by Gasteiger charge is -2.17. The molecule has 0 unspecified atom stereocenters. The van der Waals surface area contributed by atoms with Crippen molar-refractivity contribution in [1.82, 2.24) is 14.5 Å². The molecule has 1 amide bonds. The number of rotatable bonds is 3. The van der Waals surface area contributed by atoms with Crippen LogP contribution in [0.25, 0.3) is 0 Å². The van der Waals surface area contributed by atoms with Crippen LogP contribution in [0.2, 0.25) is 0 Å². The summed E-state index contributed by atoms with van der Waals surface area (Å²) in [5.74, 6) is 0.00977. The highest BCUT2D eigenvalue weighted by Gasteiger charge is 2.19. The second kappa shape index (κ2) is 5.56. The van der Waals surface area contributed by atoms with Gasteiger partial charge >= 0.3 is 0 Å². The Morgan fingerprint density at radius 3 is 2.72 bits per heavy atom. The fourth-order valence-electron chi connectivity index (χ4n) is 2.10. The van der Waals surface area contributed by atoms with Gasteiger partial charge in [0.05, 0.1) is 0 Å². The van der Waals surface area contributed by atoms with Gasteiger partial charge in [-0.2, -0.15) is 0 Å². The van der Waals surface area contributed by atoms with Crippen LogP contribution in [0.15, 0.2) is 16.0 Å². The summed E-state index contributed by atoms with van der Waals surface area (Å²) < 4.78 is 1.46. The average molecular weight is 267 g/mol. The van der Waals surface area contributed by atoms with Gasteiger partial charge in [-0.3, -0.25) is 14.2 Å². The van der Waals surface area contributed by atoms with Gasteiger partial charge in [-0.15, -0.1) is 0 Å². The van der Waals surface area contributed by atoms with Crippen molar-refractivity contribution in [2.45, 2.75) is 31.5 Å². The van der Waals surface area contributed by atoms with Gasteiger partial charge in [0, 0.05) is 24.8 Å². The van der Waals surface area contributed by atoms with Crippen LogP contribution in [0, 0.1) is 6.92 Å². The van der Waals surface area contributed by atoms with Crippen LogP contribution >= 0.6 is 11.8 Å². The van der Waals surface area contributed by atoms with E-state index in [9.17, 15) is 9.59 Å². The fourth-order valence-corrected chi connectivity index (χ4v) is 2.71. The topological polar surface area (TPSA) is 55.2 Å². The quantitative estimate of drug-likeness (QED) is 0.603. The van der Waals surface area contributed by atoms with E-state index >= 15 is 0 Å². The van der Waals surface area contributed by atoms with Crippen molar-refractivity contribution < 1.29 is 4.79 Å². The second-order valence-corrected chi connectivity index (χ2v) is 5.17. The number of hydrogen-bond acceptors (Lipinski definition) is 4. The first-order chi connectivity index (χ1) is 8.61. The van der Waals surface area contributed by atoms with E-state index in [2.05, 4.69) is 4.98 Å². The van der Waals surface area contributed by atoms with Crippen LogP contribution in [0.1, 0.15) is 18.5 Å². The molecule has 1 aromatic heterocycles. The molecule has 98 valence electrons. The number of likely N-dealkylation sites (tertiary alicyclic amines) is 1. The number of carbonyl (C=O) groups excluding carboxylic acids is 1. The van der Waals surface area contributed by atoms with Gasteiger partial charge in [-0.1, -0.05) is 11.8 Å². The highest BCUT2D eigenvalue weighted by molar-refractivity contribution is 7.98. The Kier molecular flexibility index (Phi) is 4.06. The maximum atomic E-state index is 12.0. The minimum Gasteiger partial charge on any atom is -0.341 e. The number of hydrogen-bond donors (Lipinski definition) is 0. The highest BCUT2D eigenvalue weighted by atomic mass is 32.2. The van der Waals surface area contributed by atoms with Crippen molar-refractivity contribution >= 4 is 17.7 Å². The van der Waals surface area contributed by atoms with Crippen molar-refractivity contribution in [3.63, 3.8) is 0 Å². The molecular weight excluding hydrogens is 250 g/mol. The minimum atomic E-state index is -0.153. The van der Waals surface area contributed by atoms with E-state index in [1.54, 1.807) is 6.92 Å². The zero-order chi connectivity index (χ0) is 13.1. The largest absolute Gasteiger partial charge is 0.341 e. The van der Waals surface area contributed by atoms with Crippen LogP contribution in [0.5, 0.6) is 0 Å². The lowest BCUT2D eigenvalue weighted by Crippen LogP contribution is -2.35. The molecule has 1 aromatic rings. The third-order valence-electron chi connectivity index (χ3n) is 3.04. The first-order valence-electron chi connectivity index (χ1n) is 6.02. The van der Waals surface area contributed by atoms with Crippen LogP contribution in [0.4, 0.5) is 0 Å². The van der Waals surface area contributed by atoms with Crippen LogP contribution in [-0.2, 0) is 11.3 Å². The zero-order valence-electron chi connectivity index (χ0n) is 10.7. The van der Waals surface area contributed by atoms with E-state index in [0.717, 1.165) is 25.9 Å². The summed E-state index contributed by atoms with van der Waals surface area (Å²) in [5.41, 5.74) is 0.536. The van der Waals surface area contributed by atoms with Crippen molar-refractivity contribution in [3.05, 3.63) is 22.1 Å². The summed E-state index contributed by atoms with van der Waals surface area (Å²) in [5, 5.41) is 0.604. The zero-order valence-corrected chi connectivity index (χ0v) is 11.5. The van der Waals surface area contributed by atoms with Crippen molar-refractivity contribution in [3.8, 4) is 0 Å². The molecule has 1 fully saturated rings. The lowest BCUT2D eigenvalue weighted by molar-refractivity contribution is -0.130. The third kappa shape index (κ3) is 2.75. The standard InChI is InChI=1S/C12H17N3O2S/c1-9-7-10(16)15(12(13-9)18-2)8-11(17)14-5-3-4-6-14/h7H,3-6,8H2,1-2H3. The molecule has 2 rings (SSSR count). The number of nitrogens with zero attached hydrogens (tertiary/aromatic N) is 3. The molecule has 0 radical (unpaired) electrons. The Morgan fingerprint density at radius 1 is 1.44 bits per heavy atom. The van der Waals surface area contributed by atoms with Gasteiger partial charge in [-0.05, 0) is 26.0 Å². The molecule has 0 bridgehead atoms. The summed E-state index contributed by atoms with van der Waals surface area (Å²) in [6, 6.07) is 1.47. The van der Waals surface area contributed by atoms with E-state index < -0.39 is 0 Å². The Hall–Kier alpha value is -1.30. The lowest BCUT2D eigenvalue weighted by atomic mass is 10.4. The summed E-state index contributed by atoms with van der Waals surface area (Å²) in [6.45, 7) is 3.50. The van der Waals surface area contributed by atoms with E-state index in [4.69, 9.17) is 0 Å². The number of amides is 1. The molecule has 0 spiro atoms. The predicted octanol–water partition coefficient (Wildman–Crippen LogP) is 0.896. The maximum absolute atomic E-state index is 12.0. The smallest absolute Gasteiger partial charge is 0.254 e. The van der Waals surface area contributed by atoms with Crippen LogP contribution in [-0.4, -0.2) is 39.7 Å². The predicted molar refractivity (Wildman–Crippen MR) is 70.8 cm³/mol. The first-order valence-corrected chi connectivity index (χ1v) is 7.24. The normalized spacial score (nSPS) is 15.1. The molecule has 1 aliphatic heterocycles. The fraction of sp³-hybridized carbons (Fsp3) is 0.583.